The lowest BCUT2D eigenvalue weighted by atomic mass is 10.1. The largest absolute Gasteiger partial charge is 0.467 e. The van der Waals surface area contributed by atoms with Gasteiger partial charge in [0.25, 0.3) is 0 Å². The molecule has 0 aliphatic rings. The second-order valence-corrected chi connectivity index (χ2v) is 7.62. The van der Waals surface area contributed by atoms with Gasteiger partial charge in [-0.25, -0.2) is 0 Å². The molecular formula is C21H24N4O4S. The number of thioether (sulfide) groups is 1. The number of carbonyl (C=O) groups is 2. The van der Waals surface area contributed by atoms with Gasteiger partial charge in [0.05, 0.1) is 25.2 Å². The van der Waals surface area contributed by atoms with Gasteiger partial charge in [-0.05, 0) is 56.2 Å². The van der Waals surface area contributed by atoms with Crippen molar-refractivity contribution >= 4 is 29.3 Å². The topological polar surface area (TPSA) is 99.3 Å². The zero-order chi connectivity index (χ0) is 21.5. The number of anilines is 1. The molecule has 0 atom stereocenters. The second kappa shape index (κ2) is 10.1. The minimum absolute atomic E-state index is 0.00303. The van der Waals surface area contributed by atoms with E-state index in [9.17, 15) is 9.59 Å². The SMILES string of the molecule is CCOC(=O)Cc1nnc(SCC(=O)Nc2ccc(C)c(C)c2)n1Cc1ccco1. The van der Waals surface area contributed by atoms with Crippen LogP contribution in [0.2, 0.25) is 0 Å². The Balaban J connectivity index is 1.69. The fraction of sp³-hybridized carbons (Fsp3) is 0.333. The average molecular weight is 429 g/mol. The lowest BCUT2D eigenvalue weighted by Gasteiger charge is -2.09. The number of esters is 1. The Morgan fingerprint density at radius 3 is 2.73 bits per heavy atom. The van der Waals surface area contributed by atoms with Crippen LogP contribution in [-0.2, 0) is 27.3 Å². The number of nitrogens with zero attached hydrogens (tertiary/aromatic N) is 3. The third kappa shape index (κ3) is 5.73. The highest BCUT2D eigenvalue weighted by atomic mass is 32.2. The first kappa shape index (κ1) is 21.6. The third-order valence-electron chi connectivity index (χ3n) is 4.42. The minimum Gasteiger partial charge on any atom is -0.467 e. The highest BCUT2D eigenvalue weighted by Gasteiger charge is 2.18. The number of aromatic nitrogens is 3. The number of ether oxygens (including phenoxy) is 1. The number of hydrogen-bond acceptors (Lipinski definition) is 7. The van der Waals surface area contributed by atoms with E-state index < -0.39 is 0 Å². The van der Waals surface area contributed by atoms with Gasteiger partial charge in [-0.15, -0.1) is 10.2 Å². The van der Waals surface area contributed by atoms with Crippen LogP contribution in [0.3, 0.4) is 0 Å². The minimum atomic E-state index is -0.380. The van der Waals surface area contributed by atoms with E-state index in [1.54, 1.807) is 23.8 Å². The van der Waals surface area contributed by atoms with Crippen molar-refractivity contribution in [2.45, 2.75) is 38.9 Å². The van der Waals surface area contributed by atoms with E-state index in [4.69, 9.17) is 9.15 Å². The Hall–Kier alpha value is -3.07. The van der Waals surface area contributed by atoms with Crippen molar-refractivity contribution in [1.29, 1.82) is 0 Å². The molecule has 8 nitrogen and oxygen atoms in total. The van der Waals surface area contributed by atoms with Crippen LogP contribution < -0.4 is 5.32 Å². The van der Waals surface area contributed by atoms with Crippen molar-refractivity contribution in [2.75, 3.05) is 17.7 Å². The van der Waals surface area contributed by atoms with Gasteiger partial charge in [-0.2, -0.15) is 0 Å². The molecule has 0 radical (unpaired) electrons. The highest BCUT2D eigenvalue weighted by molar-refractivity contribution is 7.99. The van der Waals surface area contributed by atoms with Crippen LogP contribution in [0, 0.1) is 13.8 Å². The zero-order valence-electron chi connectivity index (χ0n) is 17.2. The van der Waals surface area contributed by atoms with Crippen molar-refractivity contribution in [2.24, 2.45) is 0 Å². The van der Waals surface area contributed by atoms with Gasteiger partial charge in [-0.1, -0.05) is 17.8 Å². The van der Waals surface area contributed by atoms with Crippen molar-refractivity contribution in [3.8, 4) is 0 Å². The molecule has 9 heteroatoms. The summed E-state index contributed by atoms with van der Waals surface area (Å²) in [6, 6.07) is 9.40. The van der Waals surface area contributed by atoms with Gasteiger partial charge in [0.15, 0.2) is 5.16 Å². The summed E-state index contributed by atoms with van der Waals surface area (Å²) in [7, 11) is 0. The summed E-state index contributed by atoms with van der Waals surface area (Å²) >= 11 is 1.25. The molecule has 0 spiro atoms. The molecule has 0 unspecified atom stereocenters. The first-order chi connectivity index (χ1) is 14.5. The highest BCUT2D eigenvalue weighted by Crippen LogP contribution is 2.21. The fourth-order valence-corrected chi connectivity index (χ4v) is 3.52. The van der Waals surface area contributed by atoms with Crippen LogP contribution in [0.1, 0.15) is 29.6 Å². The van der Waals surface area contributed by atoms with Crippen molar-refractivity contribution in [3.05, 3.63) is 59.3 Å². The standard InChI is InChI=1S/C21H24N4O4S/c1-4-28-20(27)11-18-23-24-21(25(18)12-17-6-5-9-29-17)30-13-19(26)22-16-8-7-14(2)15(3)10-16/h5-10H,4,11-13H2,1-3H3,(H,22,26). The lowest BCUT2D eigenvalue weighted by molar-refractivity contribution is -0.142. The van der Waals surface area contributed by atoms with Gasteiger partial charge in [0.2, 0.25) is 5.91 Å². The second-order valence-electron chi connectivity index (χ2n) is 6.68. The number of benzene rings is 1. The van der Waals surface area contributed by atoms with Gasteiger partial charge in [0.1, 0.15) is 18.0 Å². The van der Waals surface area contributed by atoms with E-state index in [2.05, 4.69) is 15.5 Å². The maximum Gasteiger partial charge on any atom is 0.313 e. The van der Waals surface area contributed by atoms with E-state index >= 15 is 0 Å². The first-order valence-corrected chi connectivity index (χ1v) is 10.5. The Kier molecular flexibility index (Phi) is 7.29. The molecule has 3 aromatic rings. The van der Waals surface area contributed by atoms with Crippen molar-refractivity contribution in [1.82, 2.24) is 14.8 Å². The first-order valence-electron chi connectivity index (χ1n) is 9.56. The number of aryl methyl sites for hydroxylation is 2. The third-order valence-corrected chi connectivity index (χ3v) is 5.39. The predicted octanol–water partition coefficient (Wildman–Crippen LogP) is 3.37. The molecule has 30 heavy (non-hydrogen) atoms. The molecule has 3 rings (SSSR count). The van der Waals surface area contributed by atoms with Gasteiger partial charge < -0.3 is 14.5 Å². The Morgan fingerprint density at radius 2 is 2.03 bits per heavy atom. The molecule has 0 aliphatic carbocycles. The van der Waals surface area contributed by atoms with Crippen LogP contribution in [-0.4, -0.2) is 39.0 Å². The fourth-order valence-electron chi connectivity index (χ4n) is 2.76. The predicted molar refractivity (Wildman–Crippen MR) is 113 cm³/mol. The van der Waals surface area contributed by atoms with Crippen LogP contribution in [0.15, 0.2) is 46.2 Å². The van der Waals surface area contributed by atoms with Crippen LogP contribution in [0.4, 0.5) is 5.69 Å². The van der Waals surface area contributed by atoms with Crippen LogP contribution in [0.25, 0.3) is 0 Å². The number of furan rings is 1. The smallest absolute Gasteiger partial charge is 0.313 e. The molecule has 1 N–H and O–H groups in total. The van der Waals surface area contributed by atoms with Gasteiger partial charge in [-0.3, -0.25) is 14.2 Å². The molecule has 158 valence electrons. The summed E-state index contributed by atoms with van der Waals surface area (Å²) in [4.78, 5) is 24.3. The molecule has 1 aromatic carbocycles. The van der Waals surface area contributed by atoms with E-state index in [1.807, 2.05) is 38.1 Å². The number of carbonyl (C=O) groups excluding carboxylic acids is 2. The summed E-state index contributed by atoms with van der Waals surface area (Å²) < 4.78 is 12.2. The number of amides is 1. The van der Waals surface area contributed by atoms with Crippen molar-refractivity contribution in [3.63, 3.8) is 0 Å². The molecule has 1 amide bonds. The van der Waals surface area contributed by atoms with Crippen LogP contribution in [0.5, 0.6) is 0 Å². The molecule has 0 saturated carbocycles. The summed E-state index contributed by atoms with van der Waals surface area (Å²) in [6.07, 6.45) is 1.57. The molecule has 2 heterocycles. The molecule has 0 saturated heterocycles. The molecule has 0 fully saturated rings. The molecule has 0 bridgehead atoms. The zero-order valence-corrected chi connectivity index (χ0v) is 18.0. The molecule has 2 aromatic heterocycles. The maximum absolute atomic E-state index is 12.4. The number of hydrogen-bond donors (Lipinski definition) is 1. The molecular weight excluding hydrogens is 404 g/mol. The average Bonchev–Trinajstić information content (AvgIpc) is 3.34. The van der Waals surface area contributed by atoms with E-state index in [-0.39, 0.29) is 24.1 Å². The molecule has 0 aliphatic heterocycles. The summed E-state index contributed by atoms with van der Waals surface area (Å²) in [6.45, 7) is 6.43. The quantitative estimate of drug-likeness (QED) is 0.412. The summed E-state index contributed by atoms with van der Waals surface area (Å²) in [5, 5.41) is 11.7. The van der Waals surface area contributed by atoms with Crippen LogP contribution >= 0.6 is 11.8 Å². The van der Waals surface area contributed by atoms with Gasteiger partial charge >= 0.3 is 5.97 Å². The van der Waals surface area contributed by atoms with E-state index in [0.29, 0.717) is 29.9 Å². The monoisotopic (exact) mass is 428 g/mol. The maximum atomic E-state index is 12.4. The number of rotatable bonds is 9. The Morgan fingerprint density at radius 1 is 1.20 bits per heavy atom. The van der Waals surface area contributed by atoms with Gasteiger partial charge in [0, 0.05) is 5.69 Å². The lowest BCUT2D eigenvalue weighted by Crippen LogP contribution is -2.16. The number of nitrogens with one attached hydrogen (secondary N) is 1. The Bertz CT molecular complexity index is 1010. The van der Waals surface area contributed by atoms with E-state index in [0.717, 1.165) is 11.3 Å². The summed E-state index contributed by atoms with van der Waals surface area (Å²) in [5.41, 5.74) is 3.04. The summed E-state index contributed by atoms with van der Waals surface area (Å²) in [5.74, 6) is 0.781. The van der Waals surface area contributed by atoms with Crippen molar-refractivity contribution < 1.29 is 18.7 Å². The Labute approximate surface area is 179 Å². The van der Waals surface area contributed by atoms with E-state index in [1.165, 1.54) is 17.3 Å². The normalized spacial score (nSPS) is 10.8.